The summed E-state index contributed by atoms with van der Waals surface area (Å²) in [6.45, 7) is 8.63. The standard InChI is InChI=1S/C23H37N5O2/c1-2-24-23(25-10-3-4-12-27-13-5-6-14-27)26-11-7-15-28-21(29)19-17-8-9-18(16-17)20(19)22(28)30/h8-9,17-20H,2-7,10-16H2,1H3,(H2,24,25,26). The van der Waals surface area contributed by atoms with Crippen molar-refractivity contribution in [1.82, 2.24) is 20.4 Å². The Kier molecular flexibility index (Phi) is 7.08. The van der Waals surface area contributed by atoms with E-state index in [1.807, 2.05) is 0 Å². The molecule has 2 N–H and O–H groups in total. The summed E-state index contributed by atoms with van der Waals surface area (Å²) in [6, 6.07) is 0. The number of allylic oxidation sites excluding steroid dienone is 2. The van der Waals surface area contributed by atoms with Crippen LogP contribution in [-0.4, -0.2) is 73.4 Å². The molecule has 2 amide bonds. The van der Waals surface area contributed by atoms with Crippen LogP contribution < -0.4 is 10.6 Å². The molecule has 0 aromatic rings. The largest absolute Gasteiger partial charge is 0.357 e. The number of fused-ring (bicyclic) bond motifs is 5. The molecule has 0 aromatic carbocycles. The molecule has 0 aromatic heterocycles. The van der Waals surface area contributed by atoms with Crippen LogP contribution in [0.1, 0.15) is 45.4 Å². The van der Waals surface area contributed by atoms with Gasteiger partial charge in [-0.1, -0.05) is 12.2 Å². The molecule has 7 nitrogen and oxygen atoms in total. The zero-order chi connectivity index (χ0) is 20.9. The second-order valence-electron chi connectivity index (χ2n) is 9.12. The molecule has 4 rings (SSSR count). The molecule has 4 aliphatic rings. The molecule has 2 aliphatic carbocycles. The van der Waals surface area contributed by atoms with Gasteiger partial charge in [-0.25, -0.2) is 0 Å². The van der Waals surface area contributed by atoms with Crippen LogP contribution in [0.4, 0.5) is 0 Å². The maximum absolute atomic E-state index is 12.7. The highest BCUT2D eigenvalue weighted by atomic mass is 16.2. The Bertz CT molecular complexity index is 655. The third kappa shape index (κ3) is 4.56. The minimum atomic E-state index is -0.0875. The Morgan fingerprint density at radius 3 is 2.37 bits per heavy atom. The Hall–Kier alpha value is -1.89. The number of rotatable bonds is 10. The number of carbonyl (C=O) groups excluding carboxylic acids is 2. The molecule has 166 valence electrons. The average molecular weight is 416 g/mol. The van der Waals surface area contributed by atoms with Crippen LogP contribution in [-0.2, 0) is 9.59 Å². The second kappa shape index (κ2) is 9.94. The first-order valence-electron chi connectivity index (χ1n) is 12.0. The molecule has 30 heavy (non-hydrogen) atoms. The summed E-state index contributed by atoms with van der Waals surface area (Å²) in [5.74, 6) is 1.33. The highest BCUT2D eigenvalue weighted by Gasteiger charge is 2.58. The lowest BCUT2D eigenvalue weighted by Crippen LogP contribution is -2.38. The number of carbonyl (C=O) groups is 2. The molecule has 4 unspecified atom stereocenters. The molecule has 2 heterocycles. The number of imide groups is 1. The first-order chi connectivity index (χ1) is 14.7. The van der Waals surface area contributed by atoms with Crippen molar-refractivity contribution in [2.24, 2.45) is 28.7 Å². The number of amides is 2. The van der Waals surface area contributed by atoms with Crippen molar-refractivity contribution in [3.8, 4) is 0 Å². The molecule has 2 aliphatic heterocycles. The van der Waals surface area contributed by atoms with Crippen molar-refractivity contribution in [1.29, 1.82) is 0 Å². The van der Waals surface area contributed by atoms with Gasteiger partial charge >= 0.3 is 0 Å². The van der Waals surface area contributed by atoms with Gasteiger partial charge in [0.1, 0.15) is 0 Å². The normalized spacial score (nSPS) is 30.6. The van der Waals surface area contributed by atoms with E-state index >= 15 is 0 Å². The molecule has 2 bridgehead atoms. The van der Waals surface area contributed by atoms with Gasteiger partial charge in [0.05, 0.1) is 11.8 Å². The number of nitrogens with one attached hydrogen (secondary N) is 2. The molecule has 0 radical (unpaired) electrons. The fourth-order valence-corrected chi connectivity index (χ4v) is 5.62. The summed E-state index contributed by atoms with van der Waals surface area (Å²) < 4.78 is 0. The first-order valence-corrected chi connectivity index (χ1v) is 12.0. The lowest BCUT2D eigenvalue weighted by molar-refractivity contribution is -0.140. The van der Waals surface area contributed by atoms with Gasteiger partial charge in [-0.3, -0.25) is 19.5 Å². The summed E-state index contributed by atoms with van der Waals surface area (Å²) in [5, 5.41) is 6.69. The second-order valence-corrected chi connectivity index (χ2v) is 9.12. The van der Waals surface area contributed by atoms with Crippen LogP contribution in [0.5, 0.6) is 0 Å². The maximum atomic E-state index is 12.7. The zero-order valence-electron chi connectivity index (χ0n) is 18.3. The van der Waals surface area contributed by atoms with E-state index in [9.17, 15) is 9.59 Å². The predicted octanol–water partition coefficient (Wildman–Crippen LogP) is 1.61. The fraction of sp³-hybridized carbons (Fsp3) is 0.783. The van der Waals surface area contributed by atoms with E-state index < -0.39 is 0 Å². The van der Waals surface area contributed by atoms with E-state index in [1.165, 1.54) is 43.8 Å². The lowest BCUT2D eigenvalue weighted by atomic mass is 9.85. The molecular weight excluding hydrogens is 378 g/mol. The van der Waals surface area contributed by atoms with E-state index in [1.54, 1.807) is 0 Å². The number of guanidine groups is 1. The molecule has 2 saturated heterocycles. The third-order valence-electron chi connectivity index (χ3n) is 7.11. The van der Waals surface area contributed by atoms with Gasteiger partial charge in [-0.05, 0) is 76.9 Å². The number of hydrogen-bond acceptors (Lipinski definition) is 4. The highest BCUT2D eigenvalue weighted by Crippen LogP contribution is 2.52. The Morgan fingerprint density at radius 2 is 1.70 bits per heavy atom. The maximum Gasteiger partial charge on any atom is 0.233 e. The third-order valence-corrected chi connectivity index (χ3v) is 7.11. The highest BCUT2D eigenvalue weighted by molar-refractivity contribution is 6.06. The minimum absolute atomic E-state index is 0.0499. The average Bonchev–Trinajstić information content (AvgIpc) is 3.52. The van der Waals surface area contributed by atoms with Crippen molar-refractivity contribution in [2.45, 2.75) is 45.4 Å². The van der Waals surface area contributed by atoms with Crippen LogP contribution in [0.25, 0.3) is 0 Å². The summed E-state index contributed by atoms with van der Waals surface area (Å²) in [7, 11) is 0. The fourth-order valence-electron chi connectivity index (χ4n) is 5.62. The first kappa shape index (κ1) is 21.3. The molecule has 7 heteroatoms. The molecule has 0 spiro atoms. The number of unbranched alkanes of at least 4 members (excludes halogenated alkanes) is 1. The van der Waals surface area contributed by atoms with Crippen molar-refractivity contribution >= 4 is 17.8 Å². The number of hydrogen-bond donors (Lipinski definition) is 2. The van der Waals surface area contributed by atoms with E-state index in [4.69, 9.17) is 0 Å². The number of likely N-dealkylation sites (tertiary alicyclic amines) is 2. The van der Waals surface area contributed by atoms with Crippen LogP contribution in [0, 0.1) is 23.7 Å². The van der Waals surface area contributed by atoms with Gasteiger partial charge < -0.3 is 15.5 Å². The van der Waals surface area contributed by atoms with E-state index in [-0.39, 0.29) is 35.5 Å². The van der Waals surface area contributed by atoms with Crippen molar-refractivity contribution in [2.75, 3.05) is 45.8 Å². The quantitative estimate of drug-likeness (QED) is 0.186. The van der Waals surface area contributed by atoms with E-state index in [0.717, 1.165) is 31.9 Å². The van der Waals surface area contributed by atoms with Gasteiger partial charge in [-0.15, -0.1) is 0 Å². The summed E-state index contributed by atoms with van der Waals surface area (Å²) >= 11 is 0. The number of nitrogens with zero attached hydrogens (tertiary/aromatic N) is 3. The van der Waals surface area contributed by atoms with Gasteiger partial charge in [0, 0.05) is 26.2 Å². The van der Waals surface area contributed by atoms with Gasteiger partial charge in [0.2, 0.25) is 11.8 Å². The van der Waals surface area contributed by atoms with Crippen LogP contribution >= 0.6 is 0 Å². The Balaban J connectivity index is 1.16. The topological polar surface area (TPSA) is 77.0 Å². The molecule has 3 fully saturated rings. The van der Waals surface area contributed by atoms with Crippen LogP contribution in [0.2, 0.25) is 0 Å². The van der Waals surface area contributed by atoms with Gasteiger partial charge in [0.25, 0.3) is 0 Å². The molecule has 4 atom stereocenters. The molecular formula is C23H37N5O2. The van der Waals surface area contributed by atoms with Crippen molar-refractivity contribution in [3.63, 3.8) is 0 Å². The molecule has 1 saturated carbocycles. The van der Waals surface area contributed by atoms with Gasteiger partial charge in [-0.2, -0.15) is 0 Å². The minimum Gasteiger partial charge on any atom is -0.357 e. The summed E-state index contributed by atoms with van der Waals surface area (Å²) in [5.41, 5.74) is 0. The monoisotopic (exact) mass is 415 g/mol. The summed E-state index contributed by atoms with van der Waals surface area (Å²) in [6.07, 6.45) is 11.0. The van der Waals surface area contributed by atoms with Gasteiger partial charge in [0.15, 0.2) is 5.96 Å². The van der Waals surface area contributed by atoms with Crippen LogP contribution in [0.15, 0.2) is 17.1 Å². The lowest BCUT2D eigenvalue weighted by Gasteiger charge is -2.17. The predicted molar refractivity (Wildman–Crippen MR) is 118 cm³/mol. The summed E-state index contributed by atoms with van der Waals surface area (Å²) in [4.78, 5) is 34.1. The Labute approximate surface area is 180 Å². The number of aliphatic imine (C=N–C) groups is 1. The smallest absolute Gasteiger partial charge is 0.233 e. The van der Waals surface area contributed by atoms with E-state index in [0.29, 0.717) is 19.5 Å². The Morgan fingerprint density at radius 1 is 1.00 bits per heavy atom. The van der Waals surface area contributed by atoms with Crippen molar-refractivity contribution in [3.05, 3.63) is 12.2 Å². The zero-order valence-corrected chi connectivity index (χ0v) is 18.3. The van der Waals surface area contributed by atoms with Crippen LogP contribution in [0.3, 0.4) is 0 Å². The SMILES string of the molecule is CCNC(=NCCCN1C(=O)C2C3C=CC(C3)C2C1=O)NCCCCN1CCCC1. The van der Waals surface area contributed by atoms with Crippen molar-refractivity contribution < 1.29 is 9.59 Å². The van der Waals surface area contributed by atoms with E-state index in [2.05, 4.69) is 39.6 Å².